The third kappa shape index (κ3) is 0.847. The lowest BCUT2D eigenvalue weighted by Crippen LogP contribution is -2.01. The van der Waals surface area contributed by atoms with Gasteiger partial charge in [-0.3, -0.25) is 0 Å². The molecule has 0 radical (unpaired) electrons. The summed E-state index contributed by atoms with van der Waals surface area (Å²) < 4.78 is 0. The molecule has 1 aliphatic carbocycles. The molecule has 0 spiro atoms. The van der Waals surface area contributed by atoms with Gasteiger partial charge in [0.25, 0.3) is 0 Å². The van der Waals surface area contributed by atoms with E-state index in [2.05, 4.69) is 18.2 Å². The van der Waals surface area contributed by atoms with Gasteiger partial charge in [-0.05, 0) is 11.1 Å². The average molecular weight is 131 g/mol. The van der Waals surface area contributed by atoms with Crippen molar-refractivity contribution in [3.05, 3.63) is 42.0 Å². The van der Waals surface area contributed by atoms with Gasteiger partial charge in [0.05, 0.1) is 0 Å². The second-order valence-corrected chi connectivity index (χ2v) is 2.51. The lowest BCUT2D eigenvalue weighted by atomic mass is 10.2. The zero-order chi connectivity index (χ0) is 6.97. The predicted molar refractivity (Wildman–Crippen MR) is 42.4 cm³/mol. The van der Waals surface area contributed by atoms with Crippen LogP contribution in [0.4, 0.5) is 0 Å². The van der Waals surface area contributed by atoms with Crippen LogP contribution in [0, 0.1) is 0 Å². The van der Waals surface area contributed by atoms with Crippen LogP contribution in [0.25, 0.3) is 5.57 Å². The van der Waals surface area contributed by atoms with Crippen LogP contribution in [0.15, 0.2) is 36.4 Å². The first-order valence-corrected chi connectivity index (χ1v) is 3.40. The number of nitrogens with two attached hydrogens (primary N) is 1. The van der Waals surface area contributed by atoms with Crippen LogP contribution >= 0.6 is 0 Å². The highest BCUT2D eigenvalue weighted by atomic mass is 14.7. The Bertz CT molecular complexity index is 261. The minimum Gasteiger partial charge on any atom is -0.321 e. The van der Waals surface area contributed by atoms with Gasteiger partial charge in [0.2, 0.25) is 0 Å². The van der Waals surface area contributed by atoms with Gasteiger partial charge in [0, 0.05) is 6.04 Å². The molecule has 0 heterocycles. The van der Waals surface area contributed by atoms with Crippen molar-refractivity contribution in [3.63, 3.8) is 0 Å². The van der Waals surface area contributed by atoms with Crippen molar-refractivity contribution in [2.45, 2.75) is 6.04 Å². The van der Waals surface area contributed by atoms with E-state index in [0.29, 0.717) is 0 Å². The highest BCUT2D eigenvalue weighted by Crippen LogP contribution is 2.28. The first-order valence-electron chi connectivity index (χ1n) is 3.40. The molecule has 0 amide bonds. The molecule has 0 saturated carbocycles. The number of rotatable bonds is 1. The fraction of sp³-hybridized carbons (Fsp3) is 0.111. The van der Waals surface area contributed by atoms with Gasteiger partial charge in [-0.2, -0.15) is 0 Å². The fourth-order valence-electron chi connectivity index (χ4n) is 1.06. The van der Waals surface area contributed by atoms with E-state index in [9.17, 15) is 0 Å². The molecule has 1 nitrogen and oxygen atoms in total. The van der Waals surface area contributed by atoms with Gasteiger partial charge >= 0.3 is 0 Å². The van der Waals surface area contributed by atoms with Gasteiger partial charge < -0.3 is 5.73 Å². The Morgan fingerprint density at radius 3 is 2.20 bits per heavy atom. The maximum absolute atomic E-state index is 5.61. The molecule has 0 fully saturated rings. The molecule has 0 bridgehead atoms. The van der Waals surface area contributed by atoms with E-state index in [0.717, 1.165) is 0 Å². The Labute approximate surface area is 60.2 Å². The van der Waals surface area contributed by atoms with Crippen LogP contribution in [-0.2, 0) is 0 Å². The molecule has 2 N–H and O–H groups in total. The molecule has 1 aromatic carbocycles. The molecule has 2 rings (SSSR count). The maximum Gasteiger partial charge on any atom is 0.0491 e. The van der Waals surface area contributed by atoms with E-state index in [1.165, 1.54) is 11.1 Å². The van der Waals surface area contributed by atoms with Crippen molar-refractivity contribution in [2.24, 2.45) is 5.73 Å². The third-order valence-electron chi connectivity index (χ3n) is 1.72. The Hall–Kier alpha value is -1.08. The summed E-state index contributed by atoms with van der Waals surface area (Å²) in [5, 5.41) is 0. The van der Waals surface area contributed by atoms with Crippen LogP contribution in [0.1, 0.15) is 5.56 Å². The molecule has 1 unspecified atom stereocenters. The summed E-state index contributed by atoms with van der Waals surface area (Å²) >= 11 is 0. The second kappa shape index (κ2) is 1.96. The lowest BCUT2D eigenvalue weighted by Gasteiger charge is -1.92. The summed E-state index contributed by atoms with van der Waals surface area (Å²) in [5.41, 5.74) is 8.14. The van der Waals surface area contributed by atoms with E-state index < -0.39 is 0 Å². The topological polar surface area (TPSA) is 26.0 Å². The normalized spacial score (nSPS) is 22.1. The van der Waals surface area contributed by atoms with Gasteiger partial charge in [-0.15, -0.1) is 0 Å². The Morgan fingerprint density at radius 2 is 1.70 bits per heavy atom. The van der Waals surface area contributed by atoms with Crippen LogP contribution in [0.3, 0.4) is 0 Å². The van der Waals surface area contributed by atoms with Crippen LogP contribution < -0.4 is 5.73 Å². The van der Waals surface area contributed by atoms with Crippen molar-refractivity contribution < 1.29 is 0 Å². The minimum absolute atomic E-state index is 0.224. The Kier molecular flexibility index (Phi) is 1.11. The SMILES string of the molecule is NC1C=C1c1ccccc1. The fourth-order valence-corrected chi connectivity index (χ4v) is 1.06. The van der Waals surface area contributed by atoms with Crippen molar-refractivity contribution >= 4 is 5.57 Å². The van der Waals surface area contributed by atoms with E-state index in [4.69, 9.17) is 5.73 Å². The largest absolute Gasteiger partial charge is 0.321 e. The first-order chi connectivity index (χ1) is 4.88. The summed E-state index contributed by atoms with van der Waals surface area (Å²) in [6.07, 6.45) is 2.06. The van der Waals surface area contributed by atoms with Gasteiger partial charge in [-0.1, -0.05) is 36.4 Å². The highest BCUT2D eigenvalue weighted by molar-refractivity contribution is 5.83. The van der Waals surface area contributed by atoms with Crippen molar-refractivity contribution in [1.82, 2.24) is 0 Å². The molecule has 10 heavy (non-hydrogen) atoms. The molecule has 1 aromatic rings. The lowest BCUT2D eigenvalue weighted by molar-refractivity contribution is 1.17. The quantitative estimate of drug-likeness (QED) is 0.612. The van der Waals surface area contributed by atoms with Crippen molar-refractivity contribution in [2.75, 3.05) is 0 Å². The van der Waals surface area contributed by atoms with E-state index in [-0.39, 0.29) is 6.04 Å². The Balaban J connectivity index is 2.29. The first kappa shape index (κ1) is 5.69. The van der Waals surface area contributed by atoms with Crippen molar-refractivity contribution in [3.8, 4) is 0 Å². The number of hydrogen-bond donors (Lipinski definition) is 1. The molecular formula is C9H9N. The summed E-state index contributed by atoms with van der Waals surface area (Å²) in [7, 11) is 0. The highest BCUT2D eigenvalue weighted by Gasteiger charge is 2.20. The molecule has 1 aliphatic rings. The average Bonchev–Trinajstić information content (AvgIpc) is 2.69. The minimum atomic E-state index is 0.224. The van der Waals surface area contributed by atoms with E-state index >= 15 is 0 Å². The molecule has 1 atom stereocenters. The molecule has 1 heteroatoms. The molecule has 0 aliphatic heterocycles. The predicted octanol–water partition coefficient (Wildman–Crippen LogP) is 1.41. The van der Waals surface area contributed by atoms with Crippen LogP contribution in [0.2, 0.25) is 0 Å². The molecular weight excluding hydrogens is 122 g/mol. The zero-order valence-corrected chi connectivity index (χ0v) is 5.62. The second-order valence-electron chi connectivity index (χ2n) is 2.51. The monoisotopic (exact) mass is 131 g/mol. The summed E-state index contributed by atoms with van der Waals surface area (Å²) in [5.74, 6) is 0. The smallest absolute Gasteiger partial charge is 0.0491 e. The van der Waals surface area contributed by atoms with Gasteiger partial charge in [0.15, 0.2) is 0 Å². The van der Waals surface area contributed by atoms with Crippen molar-refractivity contribution in [1.29, 1.82) is 0 Å². The summed E-state index contributed by atoms with van der Waals surface area (Å²) in [6.45, 7) is 0. The van der Waals surface area contributed by atoms with Crippen LogP contribution in [-0.4, -0.2) is 6.04 Å². The number of benzene rings is 1. The van der Waals surface area contributed by atoms with Gasteiger partial charge in [-0.25, -0.2) is 0 Å². The molecule has 0 aromatic heterocycles. The van der Waals surface area contributed by atoms with Crippen LogP contribution in [0.5, 0.6) is 0 Å². The standard InChI is InChI=1S/C9H9N/c10-9-6-8(9)7-4-2-1-3-5-7/h1-6,9H,10H2. The number of hydrogen-bond acceptors (Lipinski definition) is 1. The molecule has 50 valence electrons. The summed E-state index contributed by atoms with van der Waals surface area (Å²) in [4.78, 5) is 0. The zero-order valence-electron chi connectivity index (χ0n) is 5.62. The maximum atomic E-state index is 5.61. The summed E-state index contributed by atoms with van der Waals surface area (Å²) in [6, 6.07) is 10.5. The Morgan fingerprint density at radius 1 is 1.10 bits per heavy atom. The molecule has 0 saturated heterocycles. The van der Waals surface area contributed by atoms with E-state index in [1.807, 2.05) is 18.2 Å². The van der Waals surface area contributed by atoms with E-state index in [1.54, 1.807) is 0 Å². The third-order valence-corrected chi connectivity index (χ3v) is 1.72. The van der Waals surface area contributed by atoms with Gasteiger partial charge in [0.1, 0.15) is 0 Å².